The van der Waals surface area contributed by atoms with E-state index in [0.717, 1.165) is 30.6 Å². The smallest absolute Gasteiger partial charge is 0.338 e. The molecule has 0 heterocycles. The zero-order chi connectivity index (χ0) is 21.9. The maximum Gasteiger partial charge on any atom is 0.338 e. The lowest BCUT2D eigenvalue weighted by atomic mass is 9.68. The van der Waals surface area contributed by atoms with Crippen molar-refractivity contribution in [2.45, 2.75) is 116 Å². The highest BCUT2D eigenvalue weighted by molar-refractivity contribution is 5.89. The minimum Gasteiger partial charge on any atom is -0.462 e. The van der Waals surface area contributed by atoms with E-state index >= 15 is 0 Å². The molecule has 1 aromatic carbocycles. The molecular weight excluding hydrogens is 380 g/mol. The molecule has 0 saturated heterocycles. The second kappa shape index (κ2) is 13.3. The molecule has 0 unspecified atom stereocenters. The number of unbranched alkanes of at least 4 members (excludes halogenated alkanes) is 4. The summed E-state index contributed by atoms with van der Waals surface area (Å²) < 4.78 is 5.34. The summed E-state index contributed by atoms with van der Waals surface area (Å²) in [6.07, 6.45) is 20.6. The van der Waals surface area contributed by atoms with Crippen molar-refractivity contribution in [2.75, 3.05) is 6.61 Å². The Bertz CT molecular complexity index is 619. The molecule has 1 aromatic rings. The average Bonchev–Trinajstić information content (AvgIpc) is 2.83. The fraction of sp³-hybridized carbons (Fsp3) is 0.759. The van der Waals surface area contributed by atoms with Crippen LogP contribution >= 0.6 is 0 Å². The molecule has 3 rings (SSSR count). The first-order valence-corrected chi connectivity index (χ1v) is 13.5. The van der Waals surface area contributed by atoms with Gasteiger partial charge >= 0.3 is 5.97 Å². The molecule has 0 atom stereocenters. The first kappa shape index (κ1) is 24.3. The van der Waals surface area contributed by atoms with E-state index in [1.165, 1.54) is 89.0 Å². The fourth-order valence-corrected chi connectivity index (χ4v) is 6.02. The normalized spacial score (nSPS) is 26.5. The first-order chi connectivity index (χ1) is 15.2. The molecule has 0 amide bonds. The SMILES string of the molecule is CCCCCCC1CCC(C2CCC(c3ccc(C(=O)OCCCC)cc3)CC2)CC1. The van der Waals surface area contributed by atoms with Crippen LogP contribution in [0.1, 0.15) is 132 Å². The van der Waals surface area contributed by atoms with Gasteiger partial charge in [-0.3, -0.25) is 0 Å². The molecule has 0 aromatic heterocycles. The van der Waals surface area contributed by atoms with E-state index in [0.29, 0.717) is 18.1 Å². The molecule has 2 aliphatic carbocycles. The Kier molecular flexibility index (Phi) is 10.4. The van der Waals surface area contributed by atoms with Crippen molar-refractivity contribution in [1.82, 2.24) is 0 Å². The highest BCUT2D eigenvalue weighted by Gasteiger charge is 2.31. The maximum atomic E-state index is 12.1. The quantitative estimate of drug-likeness (QED) is 0.261. The average molecular weight is 427 g/mol. The number of ether oxygens (including phenoxy) is 1. The molecule has 0 spiro atoms. The van der Waals surface area contributed by atoms with E-state index in [-0.39, 0.29) is 5.97 Å². The Morgan fingerprint density at radius 2 is 1.39 bits per heavy atom. The van der Waals surface area contributed by atoms with Gasteiger partial charge in [0.05, 0.1) is 12.2 Å². The van der Waals surface area contributed by atoms with Gasteiger partial charge in [0.1, 0.15) is 0 Å². The van der Waals surface area contributed by atoms with Crippen LogP contribution in [0.5, 0.6) is 0 Å². The van der Waals surface area contributed by atoms with E-state index < -0.39 is 0 Å². The third-order valence-electron chi connectivity index (χ3n) is 8.14. The van der Waals surface area contributed by atoms with Gasteiger partial charge in [-0.25, -0.2) is 4.79 Å². The summed E-state index contributed by atoms with van der Waals surface area (Å²) in [5.74, 6) is 3.48. The van der Waals surface area contributed by atoms with E-state index in [1.807, 2.05) is 12.1 Å². The highest BCUT2D eigenvalue weighted by atomic mass is 16.5. The van der Waals surface area contributed by atoms with E-state index in [2.05, 4.69) is 26.0 Å². The molecule has 31 heavy (non-hydrogen) atoms. The van der Waals surface area contributed by atoms with E-state index in [1.54, 1.807) is 0 Å². The molecule has 174 valence electrons. The second-order valence-corrected chi connectivity index (χ2v) is 10.4. The van der Waals surface area contributed by atoms with Gasteiger partial charge in [0.25, 0.3) is 0 Å². The Hall–Kier alpha value is -1.31. The van der Waals surface area contributed by atoms with Gasteiger partial charge in [0, 0.05) is 0 Å². The van der Waals surface area contributed by atoms with Crippen LogP contribution in [0.15, 0.2) is 24.3 Å². The topological polar surface area (TPSA) is 26.3 Å². The van der Waals surface area contributed by atoms with Gasteiger partial charge in [-0.05, 0) is 86.3 Å². The number of esters is 1. The monoisotopic (exact) mass is 426 g/mol. The number of carbonyl (C=O) groups is 1. The van der Waals surface area contributed by atoms with Gasteiger partial charge in [0.2, 0.25) is 0 Å². The molecular formula is C29H46O2. The number of rotatable bonds is 11. The number of hydrogen-bond donors (Lipinski definition) is 0. The molecule has 2 fully saturated rings. The summed E-state index contributed by atoms with van der Waals surface area (Å²) in [5, 5.41) is 0. The van der Waals surface area contributed by atoms with Crippen molar-refractivity contribution in [3.8, 4) is 0 Å². The maximum absolute atomic E-state index is 12.1. The first-order valence-electron chi connectivity index (χ1n) is 13.5. The Labute approximate surface area is 191 Å². The van der Waals surface area contributed by atoms with Crippen LogP contribution in [0.25, 0.3) is 0 Å². The molecule has 2 aliphatic rings. The van der Waals surface area contributed by atoms with Crippen molar-refractivity contribution in [2.24, 2.45) is 17.8 Å². The zero-order valence-corrected chi connectivity index (χ0v) is 20.2. The third kappa shape index (κ3) is 7.65. The van der Waals surface area contributed by atoms with Gasteiger partial charge in [-0.15, -0.1) is 0 Å². The summed E-state index contributed by atoms with van der Waals surface area (Å²) >= 11 is 0. The molecule has 0 aliphatic heterocycles. The largest absolute Gasteiger partial charge is 0.462 e. The Morgan fingerprint density at radius 1 is 0.774 bits per heavy atom. The van der Waals surface area contributed by atoms with Crippen LogP contribution in [0.2, 0.25) is 0 Å². The van der Waals surface area contributed by atoms with Gasteiger partial charge < -0.3 is 4.74 Å². The summed E-state index contributed by atoms with van der Waals surface area (Å²) in [4.78, 5) is 12.1. The molecule has 0 bridgehead atoms. The van der Waals surface area contributed by atoms with Crippen LogP contribution < -0.4 is 0 Å². The minimum absolute atomic E-state index is 0.176. The van der Waals surface area contributed by atoms with E-state index in [9.17, 15) is 4.79 Å². The van der Waals surface area contributed by atoms with Crippen molar-refractivity contribution < 1.29 is 9.53 Å². The summed E-state index contributed by atoms with van der Waals surface area (Å²) in [7, 11) is 0. The predicted octanol–water partition coefficient (Wildman–Crippen LogP) is 8.69. The van der Waals surface area contributed by atoms with Gasteiger partial charge in [-0.2, -0.15) is 0 Å². The van der Waals surface area contributed by atoms with Crippen molar-refractivity contribution in [1.29, 1.82) is 0 Å². The zero-order valence-electron chi connectivity index (χ0n) is 20.2. The third-order valence-corrected chi connectivity index (χ3v) is 8.14. The number of benzene rings is 1. The summed E-state index contributed by atoms with van der Waals surface area (Å²) in [6, 6.07) is 8.28. The standard InChI is InChI=1S/C29H46O2/c1-3-5-7-8-9-23-10-12-24(13-11-23)25-14-16-26(17-15-25)27-18-20-28(21-19-27)29(30)31-22-6-4-2/h18-21,23-26H,3-17,22H2,1-2H3. The van der Waals surface area contributed by atoms with Crippen LogP contribution in [0.3, 0.4) is 0 Å². The molecule has 2 nitrogen and oxygen atoms in total. The van der Waals surface area contributed by atoms with E-state index in [4.69, 9.17) is 4.74 Å². The minimum atomic E-state index is -0.176. The molecule has 0 radical (unpaired) electrons. The van der Waals surface area contributed by atoms with Gasteiger partial charge in [-0.1, -0.05) is 77.3 Å². The van der Waals surface area contributed by atoms with Crippen LogP contribution in [0.4, 0.5) is 0 Å². The lowest BCUT2D eigenvalue weighted by Crippen LogP contribution is -2.25. The van der Waals surface area contributed by atoms with Crippen LogP contribution in [-0.2, 0) is 4.74 Å². The number of carbonyl (C=O) groups excluding carboxylic acids is 1. The van der Waals surface area contributed by atoms with Gasteiger partial charge in [0.15, 0.2) is 0 Å². The Morgan fingerprint density at radius 3 is 2.00 bits per heavy atom. The Balaban J connectivity index is 1.37. The molecule has 0 N–H and O–H groups in total. The predicted molar refractivity (Wildman–Crippen MR) is 131 cm³/mol. The summed E-state index contributed by atoms with van der Waals surface area (Å²) in [5.41, 5.74) is 2.11. The fourth-order valence-electron chi connectivity index (χ4n) is 6.02. The van der Waals surface area contributed by atoms with Crippen molar-refractivity contribution in [3.05, 3.63) is 35.4 Å². The lowest BCUT2D eigenvalue weighted by molar-refractivity contribution is 0.0499. The van der Waals surface area contributed by atoms with Crippen molar-refractivity contribution in [3.63, 3.8) is 0 Å². The molecule has 2 saturated carbocycles. The van der Waals surface area contributed by atoms with Crippen LogP contribution in [-0.4, -0.2) is 12.6 Å². The highest BCUT2D eigenvalue weighted by Crippen LogP contribution is 2.44. The summed E-state index contributed by atoms with van der Waals surface area (Å²) in [6.45, 7) is 4.94. The lowest BCUT2D eigenvalue weighted by Gasteiger charge is -2.38. The van der Waals surface area contributed by atoms with Crippen molar-refractivity contribution >= 4 is 5.97 Å². The molecule has 2 heteroatoms. The number of hydrogen-bond acceptors (Lipinski definition) is 2. The van der Waals surface area contributed by atoms with Crippen LogP contribution in [0, 0.1) is 17.8 Å². The second-order valence-electron chi connectivity index (χ2n) is 10.4.